The molecular weight excluding hydrogens is 400 g/mol. The molecule has 3 aromatic carbocycles. The molecule has 4 aromatic rings. The lowest BCUT2D eigenvalue weighted by Gasteiger charge is -2.28. The molecule has 1 aliphatic heterocycles. The second-order valence-electron chi connectivity index (χ2n) is 7.89. The number of aromatic nitrogens is 2. The maximum atomic E-state index is 12.9. The van der Waals surface area contributed by atoms with Gasteiger partial charge in [0.2, 0.25) is 0 Å². The highest BCUT2D eigenvalue weighted by Gasteiger charge is 2.13. The zero-order valence-electron chi connectivity index (χ0n) is 17.9. The van der Waals surface area contributed by atoms with Gasteiger partial charge >= 0.3 is 0 Å². The van der Waals surface area contributed by atoms with Gasteiger partial charge in [0.25, 0.3) is 5.91 Å². The number of amides is 1. The molecule has 32 heavy (non-hydrogen) atoms. The molecule has 6 heteroatoms. The summed E-state index contributed by atoms with van der Waals surface area (Å²) in [7, 11) is 0. The van der Waals surface area contributed by atoms with Crippen molar-refractivity contribution in [2.75, 3.05) is 36.5 Å². The van der Waals surface area contributed by atoms with Crippen molar-refractivity contribution in [3.63, 3.8) is 0 Å². The van der Waals surface area contributed by atoms with E-state index in [1.54, 1.807) is 12.4 Å². The molecule has 1 saturated heterocycles. The van der Waals surface area contributed by atoms with E-state index in [2.05, 4.69) is 20.2 Å². The number of fused-ring (bicyclic) bond motifs is 1. The molecule has 1 fully saturated rings. The van der Waals surface area contributed by atoms with E-state index in [-0.39, 0.29) is 5.91 Å². The lowest BCUT2D eigenvalue weighted by molar-refractivity contribution is 0.102. The van der Waals surface area contributed by atoms with Crippen molar-refractivity contribution >= 4 is 28.3 Å². The highest BCUT2D eigenvalue weighted by atomic mass is 16.5. The van der Waals surface area contributed by atoms with Gasteiger partial charge in [0, 0.05) is 42.4 Å². The molecule has 0 saturated carbocycles. The summed E-state index contributed by atoms with van der Waals surface area (Å²) < 4.78 is 5.41. The van der Waals surface area contributed by atoms with Crippen LogP contribution in [-0.4, -0.2) is 42.2 Å². The zero-order valence-corrected chi connectivity index (χ0v) is 17.9. The van der Waals surface area contributed by atoms with Gasteiger partial charge in [-0.05, 0) is 72.1 Å². The van der Waals surface area contributed by atoms with Crippen molar-refractivity contribution in [2.24, 2.45) is 0 Å². The van der Waals surface area contributed by atoms with Gasteiger partial charge in [-0.15, -0.1) is 0 Å². The van der Waals surface area contributed by atoms with Crippen LogP contribution < -0.4 is 10.2 Å². The van der Waals surface area contributed by atoms with Gasteiger partial charge in [0.05, 0.1) is 24.2 Å². The van der Waals surface area contributed by atoms with Crippen LogP contribution in [0.2, 0.25) is 0 Å². The van der Waals surface area contributed by atoms with E-state index in [0.717, 1.165) is 65.4 Å². The summed E-state index contributed by atoms with van der Waals surface area (Å²) in [4.78, 5) is 24.0. The zero-order chi connectivity index (χ0) is 21.9. The van der Waals surface area contributed by atoms with Gasteiger partial charge in [0.1, 0.15) is 0 Å². The van der Waals surface area contributed by atoms with Crippen LogP contribution in [0.5, 0.6) is 0 Å². The molecule has 1 aliphatic rings. The van der Waals surface area contributed by atoms with Crippen LogP contribution in [-0.2, 0) is 4.74 Å². The van der Waals surface area contributed by atoms with Gasteiger partial charge in [-0.2, -0.15) is 0 Å². The van der Waals surface area contributed by atoms with E-state index in [1.165, 1.54) is 0 Å². The third-order valence-electron chi connectivity index (χ3n) is 5.78. The first-order valence-electron chi connectivity index (χ1n) is 10.7. The first-order chi connectivity index (χ1) is 15.7. The number of benzene rings is 3. The highest BCUT2D eigenvalue weighted by molar-refractivity contribution is 6.05. The predicted octanol–water partition coefficient (Wildman–Crippen LogP) is 4.69. The van der Waals surface area contributed by atoms with E-state index in [4.69, 9.17) is 4.74 Å². The van der Waals surface area contributed by atoms with Gasteiger partial charge in [-0.25, -0.2) is 0 Å². The molecular formula is C26H24N4O2. The molecule has 0 bridgehead atoms. The molecule has 2 heterocycles. The Morgan fingerprint density at radius 2 is 1.66 bits per heavy atom. The predicted molar refractivity (Wildman–Crippen MR) is 127 cm³/mol. The molecule has 160 valence electrons. The standard InChI is InChI=1S/C26H24N4O2/c1-18-2-3-20(16-23(18)19-4-9-24-25(17-19)28-11-10-27-24)26(31)29-21-5-7-22(8-6-21)30-12-14-32-15-13-30/h2-11,16-17H,12-15H2,1H3,(H,29,31). The molecule has 5 rings (SSSR count). The Kier molecular flexibility index (Phi) is 5.52. The fraction of sp³-hybridized carbons (Fsp3) is 0.192. The van der Waals surface area contributed by atoms with Crippen molar-refractivity contribution in [1.29, 1.82) is 0 Å². The lowest BCUT2D eigenvalue weighted by Crippen LogP contribution is -2.36. The number of anilines is 2. The number of hydrogen-bond donors (Lipinski definition) is 1. The molecule has 0 aliphatic carbocycles. The van der Waals surface area contributed by atoms with Crippen molar-refractivity contribution < 1.29 is 9.53 Å². The summed E-state index contributed by atoms with van der Waals surface area (Å²) in [6.45, 7) is 5.31. The van der Waals surface area contributed by atoms with Crippen molar-refractivity contribution in [3.8, 4) is 11.1 Å². The Morgan fingerprint density at radius 1 is 0.906 bits per heavy atom. The number of nitrogens with one attached hydrogen (secondary N) is 1. The third kappa shape index (κ3) is 4.18. The molecule has 1 aromatic heterocycles. The maximum Gasteiger partial charge on any atom is 0.255 e. The summed E-state index contributed by atoms with van der Waals surface area (Å²) in [5.41, 5.74) is 7.33. The average molecular weight is 425 g/mol. The number of aryl methyl sites for hydroxylation is 1. The number of rotatable bonds is 4. The number of morpholine rings is 1. The Bertz CT molecular complexity index is 1260. The van der Waals surface area contributed by atoms with Crippen LogP contribution in [0.15, 0.2) is 73.1 Å². The van der Waals surface area contributed by atoms with Crippen LogP contribution in [0.3, 0.4) is 0 Å². The summed E-state index contributed by atoms with van der Waals surface area (Å²) >= 11 is 0. The Hall–Kier alpha value is -3.77. The van der Waals surface area contributed by atoms with Crippen molar-refractivity contribution in [2.45, 2.75) is 6.92 Å². The second kappa shape index (κ2) is 8.77. The number of ether oxygens (including phenoxy) is 1. The highest BCUT2D eigenvalue weighted by Crippen LogP contribution is 2.27. The van der Waals surface area contributed by atoms with E-state index in [1.807, 2.05) is 67.6 Å². The average Bonchev–Trinajstić information content (AvgIpc) is 2.85. The molecule has 0 unspecified atom stereocenters. The van der Waals surface area contributed by atoms with Crippen LogP contribution in [0.4, 0.5) is 11.4 Å². The monoisotopic (exact) mass is 424 g/mol. The van der Waals surface area contributed by atoms with Gasteiger partial charge in [-0.1, -0.05) is 12.1 Å². The van der Waals surface area contributed by atoms with E-state index in [0.29, 0.717) is 5.56 Å². The van der Waals surface area contributed by atoms with Crippen LogP contribution in [0.1, 0.15) is 15.9 Å². The maximum absolute atomic E-state index is 12.9. The molecule has 1 N–H and O–H groups in total. The summed E-state index contributed by atoms with van der Waals surface area (Å²) in [5.74, 6) is -0.133. The normalized spacial score (nSPS) is 13.8. The Labute approximate surface area is 186 Å². The van der Waals surface area contributed by atoms with Gasteiger partial charge in [0.15, 0.2) is 0 Å². The fourth-order valence-electron chi connectivity index (χ4n) is 3.99. The largest absolute Gasteiger partial charge is 0.378 e. The lowest BCUT2D eigenvalue weighted by atomic mass is 9.97. The number of hydrogen-bond acceptors (Lipinski definition) is 5. The van der Waals surface area contributed by atoms with Crippen LogP contribution in [0.25, 0.3) is 22.2 Å². The Morgan fingerprint density at radius 3 is 2.44 bits per heavy atom. The summed E-state index contributed by atoms with van der Waals surface area (Å²) in [6.07, 6.45) is 3.37. The van der Waals surface area contributed by atoms with E-state index >= 15 is 0 Å². The Balaban J connectivity index is 1.36. The van der Waals surface area contributed by atoms with Crippen molar-refractivity contribution in [1.82, 2.24) is 9.97 Å². The summed E-state index contributed by atoms with van der Waals surface area (Å²) in [5, 5.41) is 3.01. The first kappa shape index (κ1) is 20.2. The van der Waals surface area contributed by atoms with Gasteiger partial charge in [-0.3, -0.25) is 14.8 Å². The minimum Gasteiger partial charge on any atom is -0.378 e. The SMILES string of the molecule is Cc1ccc(C(=O)Nc2ccc(N3CCOCC3)cc2)cc1-c1ccc2nccnc2c1. The second-order valence-corrected chi connectivity index (χ2v) is 7.89. The molecule has 1 amide bonds. The number of carbonyl (C=O) groups is 1. The minimum atomic E-state index is -0.133. The van der Waals surface area contributed by atoms with Crippen LogP contribution >= 0.6 is 0 Å². The molecule has 0 spiro atoms. The fourth-order valence-corrected chi connectivity index (χ4v) is 3.99. The molecule has 0 radical (unpaired) electrons. The molecule has 6 nitrogen and oxygen atoms in total. The third-order valence-corrected chi connectivity index (χ3v) is 5.78. The topological polar surface area (TPSA) is 67.4 Å². The van der Waals surface area contributed by atoms with Crippen LogP contribution in [0, 0.1) is 6.92 Å². The first-order valence-corrected chi connectivity index (χ1v) is 10.7. The minimum absolute atomic E-state index is 0.133. The smallest absolute Gasteiger partial charge is 0.255 e. The number of carbonyl (C=O) groups excluding carboxylic acids is 1. The van der Waals surface area contributed by atoms with Gasteiger partial charge < -0.3 is 15.0 Å². The van der Waals surface area contributed by atoms with E-state index in [9.17, 15) is 4.79 Å². The van der Waals surface area contributed by atoms with Crippen molar-refractivity contribution in [3.05, 3.63) is 84.2 Å². The quantitative estimate of drug-likeness (QED) is 0.515. The number of nitrogens with zero attached hydrogens (tertiary/aromatic N) is 3. The molecule has 0 atom stereocenters. The summed E-state index contributed by atoms with van der Waals surface area (Å²) in [6, 6.07) is 19.7. The van der Waals surface area contributed by atoms with E-state index < -0.39 is 0 Å².